The van der Waals surface area contributed by atoms with Crippen LogP contribution in [0.1, 0.15) is 29.8 Å². The minimum absolute atomic E-state index is 0.0508. The van der Waals surface area contributed by atoms with Gasteiger partial charge in [-0.25, -0.2) is 4.39 Å². The van der Waals surface area contributed by atoms with E-state index in [9.17, 15) is 13.2 Å². The molecule has 2 aliphatic heterocycles. The summed E-state index contributed by atoms with van der Waals surface area (Å²) in [5, 5.41) is 4.23. The maximum Gasteiger partial charge on any atom is 0.586 e. The van der Waals surface area contributed by atoms with Crippen LogP contribution in [0.2, 0.25) is 0 Å². The third-order valence-electron chi connectivity index (χ3n) is 6.50. The summed E-state index contributed by atoms with van der Waals surface area (Å²) in [7, 11) is 0. The van der Waals surface area contributed by atoms with Gasteiger partial charge in [0.15, 0.2) is 17.3 Å². The first-order valence-electron chi connectivity index (χ1n) is 10.9. The summed E-state index contributed by atoms with van der Waals surface area (Å²) >= 11 is 0. The molecule has 0 spiro atoms. The molecule has 0 unspecified atom stereocenters. The van der Waals surface area contributed by atoms with E-state index < -0.39 is 6.29 Å². The molecule has 1 aliphatic carbocycles. The van der Waals surface area contributed by atoms with Crippen molar-refractivity contribution in [2.24, 2.45) is 0 Å². The highest BCUT2D eigenvalue weighted by Crippen LogP contribution is 2.52. The number of benzene rings is 2. The molecule has 172 valence electrons. The van der Waals surface area contributed by atoms with Gasteiger partial charge in [-0.05, 0) is 48.2 Å². The van der Waals surface area contributed by atoms with E-state index in [-0.39, 0.29) is 22.7 Å². The maximum atomic E-state index is 13.3. The van der Waals surface area contributed by atoms with Crippen molar-refractivity contribution in [3.63, 3.8) is 0 Å². The summed E-state index contributed by atoms with van der Waals surface area (Å²) in [6, 6.07) is 11.9. The second-order valence-electron chi connectivity index (χ2n) is 8.70. The Morgan fingerprint density at radius 2 is 1.64 bits per heavy atom. The zero-order chi connectivity index (χ0) is 22.6. The fourth-order valence-corrected chi connectivity index (χ4v) is 4.52. The van der Waals surface area contributed by atoms with Crippen molar-refractivity contribution in [2.45, 2.75) is 31.1 Å². The highest BCUT2D eigenvalue weighted by molar-refractivity contribution is 5.45. The number of rotatable bonds is 5. The first-order valence-corrected chi connectivity index (χ1v) is 10.9. The number of nitrogens with zero attached hydrogens (tertiary/aromatic N) is 4. The van der Waals surface area contributed by atoms with Gasteiger partial charge in [-0.1, -0.05) is 23.4 Å². The van der Waals surface area contributed by atoms with E-state index in [1.807, 2.05) is 4.90 Å². The molecule has 3 aliphatic rings. The molecule has 0 bridgehead atoms. The third kappa shape index (κ3) is 3.78. The molecule has 33 heavy (non-hydrogen) atoms. The number of aromatic nitrogens is 2. The van der Waals surface area contributed by atoms with Crippen molar-refractivity contribution in [3.8, 4) is 11.5 Å². The number of ether oxygens (including phenoxy) is 2. The van der Waals surface area contributed by atoms with Gasteiger partial charge < -0.3 is 18.9 Å². The van der Waals surface area contributed by atoms with Gasteiger partial charge in [0.2, 0.25) is 0 Å². The van der Waals surface area contributed by atoms with E-state index in [0.717, 1.165) is 37.1 Å². The van der Waals surface area contributed by atoms with Crippen LogP contribution in [0.5, 0.6) is 11.5 Å². The van der Waals surface area contributed by atoms with E-state index in [1.165, 1.54) is 18.2 Å². The zero-order valence-corrected chi connectivity index (χ0v) is 17.6. The molecule has 10 heteroatoms. The number of hydrogen-bond donors (Lipinski definition) is 0. The van der Waals surface area contributed by atoms with E-state index in [4.69, 9.17) is 4.52 Å². The average molecular weight is 458 g/mol. The van der Waals surface area contributed by atoms with Crippen molar-refractivity contribution in [1.29, 1.82) is 0 Å². The van der Waals surface area contributed by atoms with Crippen LogP contribution < -0.4 is 14.4 Å². The first kappa shape index (κ1) is 20.3. The SMILES string of the molecule is Fc1ccc(C2(c3noc(N4CCN(Cc5ccc6c(c5)OC(F)(F)O6)CC4)n3)CC2)cc1. The number of piperazine rings is 1. The fraction of sp³-hybridized carbons (Fsp3) is 0.391. The molecule has 0 atom stereocenters. The largest absolute Gasteiger partial charge is 0.586 e. The van der Waals surface area contributed by atoms with Crippen LogP contribution in [0.15, 0.2) is 47.0 Å². The summed E-state index contributed by atoms with van der Waals surface area (Å²) in [6.07, 6.45) is -1.79. The average Bonchev–Trinajstić information content (AvgIpc) is 3.33. The van der Waals surface area contributed by atoms with Crippen LogP contribution in [-0.2, 0) is 12.0 Å². The van der Waals surface area contributed by atoms with Crippen molar-refractivity contribution < 1.29 is 27.2 Å². The lowest BCUT2D eigenvalue weighted by atomic mass is 9.95. The fourth-order valence-electron chi connectivity index (χ4n) is 4.52. The molecular weight excluding hydrogens is 437 g/mol. The first-order chi connectivity index (χ1) is 15.9. The van der Waals surface area contributed by atoms with Crippen molar-refractivity contribution in [3.05, 3.63) is 65.2 Å². The van der Waals surface area contributed by atoms with Gasteiger partial charge in [0.05, 0.1) is 5.41 Å². The highest BCUT2D eigenvalue weighted by atomic mass is 19.3. The lowest BCUT2D eigenvalue weighted by Gasteiger charge is -2.33. The number of hydrogen-bond acceptors (Lipinski definition) is 7. The van der Waals surface area contributed by atoms with E-state index in [2.05, 4.69) is 24.5 Å². The van der Waals surface area contributed by atoms with Crippen LogP contribution >= 0.6 is 0 Å². The van der Waals surface area contributed by atoms with Crippen LogP contribution in [-0.4, -0.2) is 47.5 Å². The number of anilines is 1. The standard InChI is InChI=1S/C23H21F3N4O3/c24-17-4-2-16(3-5-17)22(7-8-22)20-27-21(33-28-20)30-11-9-29(10-12-30)14-15-1-6-18-19(13-15)32-23(25,26)31-18/h1-6,13H,7-12,14H2. The lowest BCUT2D eigenvalue weighted by Crippen LogP contribution is -2.46. The molecule has 1 saturated heterocycles. The number of alkyl halides is 2. The Morgan fingerprint density at radius 3 is 2.36 bits per heavy atom. The molecule has 0 radical (unpaired) electrons. The molecule has 3 heterocycles. The monoisotopic (exact) mass is 458 g/mol. The minimum Gasteiger partial charge on any atom is -0.395 e. The van der Waals surface area contributed by atoms with Gasteiger partial charge in [-0.2, -0.15) is 4.98 Å². The van der Waals surface area contributed by atoms with Gasteiger partial charge in [-0.3, -0.25) is 4.90 Å². The Labute approximate surface area is 187 Å². The Morgan fingerprint density at radius 1 is 0.909 bits per heavy atom. The van der Waals surface area contributed by atoms with E-state index in [1.54, 1.807) is 24.3 Å². The number of fused-ring (bicyclic) bond motifs is 1. The van der Waals surface area contributed by atoms with Crippen molar-refractivity contribution in [2.75, 3.05) is 31.1 Å². The summed E-state index contributed by atoms with van der Waals surface area (Å²) in [4.78, 5) is 8.94. The quantitative estimate of drug-likeness (QED) is 0.574. The van der Waals surface area contributed by atoms with Crippen molar-refractivity contribution >= 4 is 6.01 Å². The normalized spacial score (nSPS) is 20.8. The highest BCUT2D eigenvalue weighted by Gasteiger charge is 2.50. The number of halogens is 3. The predicted octanol–water partition coefficient (Wildman–Crippen LogP) is 3.93. The van der Waals surface area contributed by atoms with Gasteiger partial charge >= 0.3 is 12.3 Å². The van der Waals surface area contributed by atoms with Gasteiger partial charge in [0, 0.05) is 32.7 Å². The molecule has 6 rings (SSSR count). The van der Waals surface area contributed by atoms with Crippen LogP contribution in [0, 0.1) is 5.82 Å². The maximum absolute atomic E-state index is 13.3. The molecular formula is C23H21F3N4O3. The molecule has 7 nitrogen and oxygen atoms in total. The Hall–Kier alpha value is -3.27. The lowest BCUT2D eigenvalue weighted by molar-refractivity contribution is -0.286. The third-order valence-corrected chi connectivity index (χ3v) is 6.50. The van der Waals surface area contributed by atoms with Crippen LogP contribution in [0.25, 0.3) is 0 Å². The topological polar surface area (TPSA) is 63.9 Å². The second-order valence-corrected chi connectivity index (χ2v) is 8.70. The Bertz CT molecular complexity index is 1170. The molecule has 0 amide bonds. The van der Waals surface area contributed by atoms with E-state index in [0.29, 0.717) is 31.5 Å². The van der Waals surface area contributed by atoms with Crippen LogP contribution in [0.3, 0.4) is 0 Å². The minimum atomic E-state index is -3.61. The Kier molecular flexibility index (Phi) is 4.55. The molecule has 2 aromatic carbocycles. The van der Waals surface area contributed by atoms with Gasteiger partial charge in [-0.15, -0.1) is 8.78 Å². The van der Waals surface area contributed by atoms with Crippen molar-refractivity contribution in [1.82, 2.24) is 15.0 Å². The molecule has 1 aromatic heterocycles. The van der Waals surface area contributed by atoms with Gasteiger partial charge in [0.25, 0.3) is 0 Å². The van der Waals surface area contributed by atoms with E-state index >= 15 is 0 Å². The zero-order valence-electron chi connectivity index (χ0n) is 17.6. The molecule has 1 saturated carbocycles. The molecule has 0 N–H and O–H groups in total. The summed E-state index contributed by atoms with van der Waals surface area (Å²) < 4.78 is 54.3. The summed E-state index contributed by atoms with van der Waals surface area (Å²) in [5.41, 5.74) is 1.59. The summed E-state index contributed by atoms with van der Waals surface area (Å²) in [5.74, 6) is 0.489. The van der Waals surface area contributed by atoms with Crippen LogP contribution in [0.4, 0.5) is 19.2 Å². The Balaban J connectivity index is 1.08. The summed E-state index contributed by atoms with van der Waals surface area (Å²) in [6.45, 7) is 3.53. The smallest absolute Gasteiger partial charge is 0.395 e. The molecule has 3 aromatic rings. The molecule has 2 fully saturated rings. The van der Waals surface area contributed by atoms with Gasteiger partial charge in [0.1, 0.15) is 5.82 Å². The second kappa shape index (κ2) is 7.38. The predicted molar refractivity (Wildman–Crippen MR) is 111 cm³/mol.